The van der Waals surface area contributed by atoms with Crippen molar-refractivity contribution in [2.45, 2.75) is 38.6 Å². The van der Waals surface area contributed by atoms with Gasteiger partial charge in [0.25, 0.3) is 10.2 Å². The smallest absolute Gasteiger partial charge is 0.321 e. The summed E-state index contributed by atoms with van der Waals surface area (Å²) in [6, 6.07) is -1.44. The van der Waals surface area contributed by atoms with Crippen LogP contribution in [0.3, 0.4) is 0 Å². The van der Waals surface area contributed by atoms with Gasteiger partial charge in [-0.15, -0.1) is 0 Å². The van der Waals surface area contributed by atoms with Crippen LogP contribution < -0.4 is 4.72 Å². The molecule has 0 aromatic carbocycles. The number of aliphatic carboxylic acids is 2. The molecule has 0 saturated heterocycles. The van der Waals surface area contributed by atoms with Gasteiger partial charge in [-0.05, 0) is 12.8 Å². The van der Waals surface area contributed by atoms with Gasteiger partial charge in [0.1, 0.15) is 6.04 Å². The number of nitrogens with one attached hydrogen (secondary N) is 1. The lowest BCUT2D eigenvalue weighted by atomic mass is 10.2. The molecule has 112 valence electrons. The van der Waals surface area contributed by atoms with E-state index in [-0.39, 0.29) is 13.0 Å². The van der Waals surface area contributed by atoms with Crippen LogP contribution in [-0.4, -0.2) is 54.5 Å². The summed E-state index contributed by atoms with van der Waals surface area (Å²) in [5.74, 6) is -2.57. The molecular weight excluding hydrogens is 276 g/mol. The average molecular weight is 296 g/mol. The second-order valence-corrected chi connectivity index (χ2v) is 5.93. The summed E-state index contributed by atoms with van der Waals surface area (Å²) in [5.41, 5.74) is 0. The molecule has 0 amide bonds. The molecule has 3 N–H and O–H groups in total. The number of unbranched alkanes of at least 4 members (excludes halogenated alkanes) is 1. The van der Waals surface area contributed by atoms with Gasteiger partial charge in [0, 0.05) is 20.0 Å². The van der Waals surface area contributed by atoms with E-state index in [0.29, 0.717) is 6.42 Å². The second kappa shape index (κ2) is 8.08. The summed E-state index contributed by atoms with van der Waals surface area (Å²) in [6.45, 7) is 2.18. The van der Waals surface area contributed by atoms with E-state index in [9.17, 15) is 18.0 Å². The van der Waals surface area contributed by atoms with Crippen molar-refractivity contribution in [2.24, 2.45) is 0 Å². The lowest BCUT2D eigenvalue weighted by Gasteiger charge is -2.20. The summed E-state index contributed by atoms with van der Waals surface area (Å²) < 4.78 is 26.6. The monoisotopic (exact) mass is 296 g/mol. The Morgan fingerprint density at radius 1 is 1.32 bits per heavy atom. The minimum atomic E-state index is -3.92. The van der Waals surface area contributed by atoms with Crippen molar-refractivity contribution in [1.29, 1.82) is 0 Å². The minimum absolute atomic E-state index is 0.275. The van der Waals surface area contributed by atoms with Crippen molar-refractivity contribution < 1.29 is 28.2 Å². The van der Waals surface area contributed by atoms with Gasteiger partial charge in [0.05, 0.1) is 0 Å². The predicted molar refractivity (Wildman–Crippen MR) is 67.9 cm³/mol. The second-order valence-electron chi connectivity index (χ2n) is 4.12. The maximum absolute atomic E-state index is 11.8. The molecule has 0 radical (unpaired) electrons. The molecule has 8 nitrogen and oxygen atoms in total. The summed E-state index contributed by atoms with van der Waals surface area (Å²) in [6.07, 6.45) is 0.745. The van der Waals surface area contributed by atoms with Crippen molar-refractivity contribution in [3.05, 3.63) is 0 Å². The standard InChI is InChI=1S/C10H20N2O6S/c1-3-4-7-12(2)19(17,18)11-8(10(15)16)5-6-9(13)14/h8,11H,3-7H2,1-2H3,(H,13,14)(H,15,16)/t8-/m0/s1. The zero-order valence-electron chi connectivity index (χ0n) is 11.0. The van der Waals surface area contributed by atoms with Crippen LogP contribution >= 0.6 is 0 Å². The minimum Gasteiger partial charge on any atom is -0.481 e. The summed E-state index contributed by atoms with van der Waals surface area (Å²) in [5, 5.41) is 17.4. The molecule has 0 aromatic rings. The number of nitrogens with zero attached hydrogens (tertiary/aromatic N) is 1. The number of carbonyl (C=O) groups is 2. The van der Waals surface area contributed by atoms with Crippen LogP contribution in [0.25, 0.3) is 0 Å². The quantitative estimate of drug-likeness (QED) is 0.516. The van der Waals surface area contributed by atoms with E-state index in [1.165, 1.54) is 7.05 Å². The molecule has 0 aliphatic heterocycles. The molecule has 0 fully saturated rings. The van der Waals surface area contributed by atoms with Crippen LogP contribution in [0.4, 0.5) is 0 Å². The molecule has 0 rings (SSSR count). The lowest BCUT2D eigenvalue weighted by Crippen LogP contribution is -2.47. The van der Waals surface area contributed by atoms with Crippen molar-refractivity contribution in [2.75, 3.05) is 13.6 Å². The highest BCUT2D eigenvalue weighted by atomic mass is 32.2. The van der Waals surface area contributed by atoms with E-state index in [1.54, 1.807) is 0 Å². The van der Waals surface area contributed by atoms with Crippen molar-refractivity contribution in [3.8, 4) is 0 Å². The third-order valence-electron chi connectivity index (χ3n) is 2.47. The number of rotatable bonds is 10. The molecule has 0 heterocycles. The fourth-order valence-corrected chi connectivity index (χ4v) is 2.40. The van der Waals surface area contributed by atoms with E-state index >= 15 is 0 Å². The van der Waals surface area contributed by atoms with E-state index in [2.05, 4.69) is 0 Å². The van der Waals surface area contributed by atoms with Crippen LogP contribution in [0, 0.1) is 0 Å². The van der Waals surface area contributed by atoms with Crippen molar-refractivity contribution >= 4 is 22.1 Å². The zero-order chi connectivity index (χ0) is 15.1. The first-order chi connectivity index (χ1) is 8.70. The Hall–Kier alpha value is -1.19. The first-order valence-corrected chi connectivity index (χ1v) is 7.33. The van der Waals surface area contributed by atoms with Crippen LogP contribution in [0.5, 0.6) is 0 Å². The third-order valence-corrected chi connectivity index (χ3v) is 4.06. The summed E-state index contributed by atoms with van der Waals surface area (Å²) in [7, 11) is -2.57. The normalized spacial score (nSPS) is 13.4. The van der Waals surface area contributed by atoms with Gasteiger partial charge < -0.3 is 10.2 Å². The molecule has 9 heteroatoms. The number of carboxylic acid groups (broad SMARTS) is 2. The topological polar surface area (TPSA) is 124 Å². The molecule has 0 spiro atoms. The maximum atomic E-state index is 11.8. The Labute approximate surface area is 112 Å². The van der Waals surface area contributed by atoms with E-state index in [1.807, 2.05) is 11.6 Å². The first kappa shape index (κ1) is 17.8. The SMILES string of the molecule is CCCCN(C)S(=O)(=O)N[C@@H](CCC(=O)O)C(=O)O. The first-order valence-electron chi connectivity index (χ1n) is 5.89. The third kappa shape index (κ3) is 7.09. The van der Waals surface area contributed by atoms with Crippen LogP contribution in [0.1, 0.15) is 32.6 Å². The van der Waals surface area contributed by atoms with Gasteiger partial charge in [-0.3, -0.25) is 9.59 Å². The van der Waals surface area contributed by atoms with Crippen molar-refractivity contribution in [3.63, 3.8) is 0 Å². The molecule has 1 atom stereocenters. The molecule has 0 unspecified atom stereocenters. The van der Waals surface area contributed by atoms with E-state index in [0.717, 1.165) is 10.7 Å². The molecule has 19 heavy (non-hydrogen) atoms. The Bertz CT molecular complexity index is 408. The lowest BCUT2D eigenvalue weighted by molar-refractivity contribution is -0.140. The Kier molecular flexibility index (Phi) is 7.57. The van der Waals surface area contributed by atoms with Gasteiger partial charge in [0.2, 0.25) is 0 Å². The molecule has 0 bridgehead atoms. The number of hydrogen-bond acceptors (Lipinski definition) is 4. The van der Waals surface area contributed by atoms with Crippen LogP contribution in [0.2, 0.25) is 0 Å². The predicted octanol–water partition coefficient (Wildman–Crippen LogP) is -0.129. The highest BCUT2D eigenvalue weighted by Crippen LogP contribution is 2.04. The molecule has 0 aromatic heterocycles. The molecule has 0 aliphatic carbocycles. The average Bonchev–Trinajstić information content (AvgIpc) is 2.30. The highest BCUT2D eigenvalue weighted by molar-refractivity contribution is 7.87. The van der Waals surface area contributed by atoms with Gasteiger partial charge >= 0.3 is 11.9 Å². The van der Waals surface area contributed by atoms with E-state index in [4.69, 9.17) is 10.2 Å². The fraction of sp³-hybridized carbons (Fsp3) is 0.800. The fourth-order valence-electron chi connectivity index (χ4n) is 1.27. The highest BCUT2D eigenvalue weighted by Gasteiger charge is 2.27. The molecular formula is C10H20N2O6S. The van der Waals surface area contributed by atoms with Gasteiger partial charge in [0.15, 0.2) is 0 Å². The summed E-state index contributed by atoms with van der Waals surface area (Å²) >= 11 is 0. The Balaban J connectivity index is 4.64. The van der Waals surface area contributed by atoms with Crippen LogP contribution in [-0.2, 0) is 19.8 Å². The van der Waals surface area contributed by atoms with Gasteiger partial charge in [-0.2, -0.15) is 17.4 Å². The molecule has 0 aliphatic rings. The maximum Gasteiger partial charge on any atom is 0.321 e. The number of hydrogen-bond donors (Lipinski definition) is 3. The van der Waals surface area contributed by atoms with Gasteiger partial charge in [-0.25, -0.2) is 0 Å². The Morgan fingerprint density at radius 2 is 1.89 bits per heavy atom. The van der Waals surface area contributed by atoms with Gasteiger partial charge in [-0.1, -0.05) is 13.3 Å². The zero-order valence-corrected chi connectivity index (χ0v) is 11.8. The number of carboxylic acids is 2. The van der Waals surface area contributed by atoms with E-state index < -0.39 is 34.6 Å². The summed E-state index contributed by atoms with van der Waals surface area (Å²) in [4.78, 5) is 21.3. The largest absolute Gasteiger partial charge is 0.481 e. The van der Waals surface area contributed by atoms with Crippen molar-refractivity contribution in [1.82, 2.24) is 9.03 Å². The molecule has 0 saturated carbocycles. The van der Waals surface area contributed by atoms with Crippen LogP contribution in [0.15, 0.2) is 0 Å². The Morgan fingerprint density at radius 3 is 2.32 bits per heavy atom.